The van der Waals surface area contributed by atoms with Crippen molar-refractivity contribution >= 4 is 27.4 Å². The number of carboxylic acids is 1. The molecule has 0 aromatic heterocycles. The summed E-state index contributed by atoms with van der Waals surface area (Å²) in [4.78, 5) is 12.7. The average molecular weight is 458 g/mol. The number of hydrogen-bond acceptors (Lipinski definition) is 5. The number of rotatable bonds is 6. The molecule has 1 saturated heterocycles. The van der Waals surface area contributed by atoms with E-state index in [-0.39, 0.29) is 22.7 Å². The van der Waals surface area contributed by atoms with Crippen LogP contribution in [-0.2, 0) is 16.2 Å². The first-order valence-electron chi connectivity index (χ1n) is 9.43. The molecule has 0 bridgehead atoms. The first-order valence-corrected chi connectivity index (χ1v) is 10.9. The van der Waals surface area contributed by atoms with Gasteiger partial charge in [0.25, 0.3) is 10.0 Å². The number of sulfonamides is 1. The summed E-state index contributed by atoms with van der Waals surface area (Å²) in [6, 6.07) is 6.22. The summed E-state index contributed by atoms with van der Waals surface area (Å²) in [5.74, 6) is -1.22. The lowest BCUT2D eigenvalue weighted by molar-refractivity contribution is -0.137. The summed E-state index contributed by atoms with van der Waals surface area (Å²) >= 11 is 0. The molecule has 1 aliphatic rings. The lowest BCUT2D eigenvalue weighted by atomic mass is 10.1. The molecule has 3 rings (SSSR count). The lowest BCUT2D eigenvalue weighted by Crippen LogP contribution is -2.31. The van der Waals surface area contributed by atoms with E-state index in [1.165, 1.54) is 13.2 Å². The molecule has 0 unspecified atom stereocenters. The highest BCUT2D eigenvalue weighted by molar-refractivity contribution is 7.92. The van der Waals surface area contributed by atoms with Gasteiger partial charge in [0.05, 0.1) is 29.6 Å². The third-order valence-electron chi connectivity index (χ3n) is 4.97. The SMILES string of the molecule is COc1ccc(C(=O)O)c(NS(=O)(=O)c2cc(C(F)(F)F)ccc2N2CCCCC2)c1. The summed E-state index contributed by atoms with van der Waals surface area (Å²) in [6.45, 7) is 1.01. The molecule has 0 saturated carbocycles. The number of carbonyl (C=O) groups is 1. The van der Waals surface area contributed by atoms with Gasteiger partial charge in [0.15, 0.2) is 0 Å². The van der Waals surface area contributed by atoms with Crippen molar-refractivity contribution in [3.63, 3.8) is 0 Å². The van der Waals surface area contributed by atoms with Crippen molar-refractivity contribution in [1.82, 2.24) is 0 Å². The minimum atomic E-state index is -4.74. The van der Waals surface area contributed by atoms with E-state index in [4.69, 9.17) is 4.74 Å². The van der Waals surface area contributed by atoms with Gasteiger partial charge in [-0.05, 0) is 49.6 Å². The van der Waals surface area contributed by atoms with Crippen LogP contribution < -0.4 is 14.4 Å². The van der Waals surface area contributed by atoms with Gasteiger partial charge in [-0.15, -0.1) is 0 Å². The van der Waals surface area contributed by atoms with Gasteiger partial charge in [-0.3, -0.25) is 4.72 Å². The Morgan fingerprint density at radius 1 is 1.10 bits per heavy atom. The number of nitrogens with zero attached hydrogens (tertiary/aromatic N) is 1. The molecule has 0 aliphatic carbocycles. The number of methoxy groups -OCH3 is 1. The lowest BCUT2D eigenvalue weighted by Gasteiger charge is -2.31. The molecule has 0 atom stereocenters. The van der Waals surface area contributed by atoms with Gasteiger partial charge in [-0.2, -0.15) is 13.2 Å². The third-order valence-corrected chi connectivity index (χ3v) is 6.37. The van der Waals surface area contributed by atoms with Crippen molar-refractivity contribution in [3.05, 3.63) is 47.5 Å². The molecule has 168 valence electrons. The second-order valence-corrected chi connectivity index (χ2v) is 8.70. The second kappa shape index (κ2) is 8.66. The second-order valence-electron chi connectivity index (χ2n) is 7.05. The van der Waals surface area contributed by atoms with E-state index in [1.807, 2.05) is 0 Å². The first kappa shape index (κ1) is 22.7. The Balaban J connectivity index is 2.12. The highest BCUT2D eigenvalue weighted by Crippen LogP contribution is 2.37. The molecule has 11 heteroatoms. The molecule has 1 fully saturated rings. The quantitative estimate of drug-likeness (QED) is 0.674. The smallest absolute Gasteiger partial charge is 0.416 e. The molecular formula is C20H21F3N2O5S. The number of halogens is 3. The predicted octanol–water partition coefficient (Wildman–Crippen LogP) is 4.20. The molecule has 1 aliphatic heterocycles. The van der Waals surface area contributed by atoms with E-state index in [0.29, 0.717) is 19.2 Å². The number of alkyl halides is 3. The van der Waals surface area contributed by atoms with E-state index < -0.39 is 32.6 Å². The summed E-state index contributed by atoms with van der Waals surface area (Å²) in [6.07, 6.45) is -2.23. The maximum Gasteiger partial charge on any atom is 0.416 e. The molecule has 2 aromatic carbocycles. The third kappa shape index (κ3) is 5.04. The van der Waals surface area contributed by atoms with Gasteiger partial charge >= 0.3 is 12.1 Å². The fourth-order valence-corrected chi connectivity index (χ4v) is 4.75. The van der Waals surface area contributed by atoms with Gasteiger partial charge in [0, 0.05) is 19.2 Å². The number of hydrogen-bond donors (Lipinski definition) is 2. The Kier molecular flexibility index (Phi) is 6.35. The van der Waals surface area contributed by atoms with Crippen LogP contribution >= 0.6 is 0 Å². The molecular weight excluding hydrogens is 437 g/mol. The Morgan fingerprint density at radius 2 is 1.77 bits per heavy atom. The predicted molar refractivity (Wildman–Crippen MR) is 108 cm³/mol. The highest BCUT2D eigenvalue weighted by Gasteiger charge is 2.34. The number of carboxylic acid groups (broad SMARTS) is 1. The van der Waals surface area contributed by atoms with Crippen LogP contribution in [0.2, 0.25) is 0 Å². The van der Waals surface area contributed by atoms with Crippen LogP contribution in [0.4, 0.5) is 24.5 Å². The van der Waals surface area contributed by atoms with E-state index in [9.17, 15) is 31.5 Å². The largest absolute Gasteiger partial charge is 0.497 e. The van der Waals surface area contributed by atoms with Crippen molar-refractivity contribution in [2.45, 2.75) is 30.3 Å². The number of aromatic carboxylic acids is 1. The molecule has 31 heavy (non-hydrogen) atoms. The molecule has 0 amide bonds. The highest BCUT2D eigenvalue weighted by atomic mass is 32.2. The number of nitrogens with one attached hydrogen (secondary N) is 1. The minimum Gasteiger partial charge on any atom is -0.497 e. The Hall–Kier alpha value is -2.95. The Morgan fingerprint density at radius 3 is 2.35 bits per heavy atom. The number of ether oxygens (including phenoxy) is 1. The van der Waals surface area contributed by atoms with Crippen LogP contribution in [0.1, 0.15) is 35.2 Å². The van der Waals surface area contributed by atoms with Gasteiger partial charge in [-0.25, -0.2) is 13.2 Å². The summed E-state index contributed by atoms with van der Waals surface area (Å²) < 4.78 is 73.4. The van der Waals surface area contributed by atoms with E-state index in [0.717, 1.165) is 43.5 Å². The zero-order valence-corrected chi connectivity index (χ0v) is 17.4. The number of piperidine rings is 1. The van der Waals surface area contributed by atoms with Crippen LogP contribution in [0.25, 0.3) is 0 Å². The first-order chi connectivity index (χ1) is 14.5. The van der Waals surface area contributed by atoms with Crippen molar-refractivity contribution < 1.29 is 36.2 Å². The monoisotopic (exact) mass is 458 g/mol. The van der Waals surface area contributed by atoms with Crippen LogP contribution in [0.15, 0.2) is 41.3 Å². The van der Waals surface area contributed by atoms with Crippen LogP contribution in [0.3, 0.4) is 0 Å². The normalized spacial score (nSPS) is 14.9. The van der Waals surface area contributed by atoms with Gasteiger partial charge < -0.3 is 14.7 Å². The summed E-state index contributed by atoms with van der Waals surface area (Å²) in [7, 11) is -3.25. The van der Waals surface area contributed by atoms with Crippen molar-refractivity contribution in [1.29, 1.82) is 0 Å². The Bertz CT molecular complexity index is 1080. The van der Waals surface area contributed by atoms with E-state index >= 15 is 0 Å². The van der Waals surface area contributed by atoms with Gasteiger partial charge in [-0.1, -0.05) is 0 Å². The molecule has 2 aromatic rings. The van der Waals surface area contributed by atoms with E-state index in [1.54, 1.807) is 4.90 Å². The minimum absolute atomic E-state index is 0.139. The Labute approximate surface area is 177 Å². The molecule has 2 N–H and O–H groups in total. The summed E-state index contributed by atoms with van der Waals surface area (Å²) in [5, 5.41) is 9.37. The van der Waals surface area contributed by atoms with E-state index in [2.05, 4.69) is 4.72 Å². The average Bonchev–Trinajstić information content (AvgIpc) is 2.72. The van der Waals surface area contributed by atoms with Crippen LogP contribution in [0.5, 0.6) is 5.75 Å². The fourth-order valence-electron chi connectivity index (χ4n) is 3.42. The van der Waals surface area contributed by atoms with Crippen LogP contribution in [-0.4, -0.2) is 39.7 Å². The molecule has 7 nitrogen and oxygen atoms in total. The molecule has 0 radical (unpaired) electrons. The van der Waals surface area contributed by atoms with Crippen molar-refractivity contribution in [2.75, 3.05) is 29.8 Å². The number of anilines is 2. The maximum atomic E-state index is 13.3. The fraction of sp³-hybridized carbons (Fsp3) is 0.350. The zero-order chi connectivity index (χ0) is 22.8. The van der Waals surface area contributed by atoms with Gasteiger partial charge in [0.2, 0.25) is 0 Å². The van der Waals surface area contributed by atoms with Crippen molar-refractivity contribution in [2.24, 2.45) is 0 Å². The maximum absolute atomic E-state index is 13.3. The summed E-state index contributed by atoms with van der Waals surface area (Å²) in [5.41, 5.74) is -1.65. The van der Waals surface area contributed by atoms with Crippen LogP contribution in [0, 0.1) is 0 Å². The zero-order valence-electron chi connectivity index (χ0n) is 16.6. The topological polar surface area (TPSA) is 95.9 Å². The van der Waals surface area contributed by atoms with Gasteiger partial charge in [0.1, 0.15) is 10.6 Å². The molecule has 1 heterocycles. The molecule has 0 spiro atoms. The number of benzene rings is 2. The standard InChI is InChI=1S/C20H21F3N2O5S/c1-30-14-6-7-15(19(26)27)16(12-14)24-31(28,29)18-11-13(20(21,22)23)5-8-17(18)25-9-3-2-4-10-25/h5-8,11-12,24H,2-4,9-10H2,1H3,(H,26,27). The van der Waals surface area contributed by atoms with Crippen molar-refractivity contribution in [3.8, 4) is 5.75 Å².